The van der Waals surface area contributed by atoms with E-state index in [1.165, 1.54) is 0 Å². The molecule has 0 radical (unpaired) electrons. The van der Waals surface area contributed by atoms with E-state index in [9.17, 15) is 14.9 Å². The van der Waals surface area contributed by atoms with Crippen molar-refractivity contribution in [3.8, 4) is 6.07 Å². The molecule has 2 N–H and O–H groups in total. The number of carbonyl (C=O) groups is 2. The summed E-state index contributed by atoms with van der Waals surface area (Å²) in [7, 11) is 1.84. The van der Waals surface area contributed by atoms with Crippen LogP contribution in [0.3, 0.4) is 0 Å². The van der Waals surface area contributed by atoms with Crippen molar-refractivity contribution in [1.29, 1.82) is 5.26 Å². The van der Waals surface area contributed by atoms with Gasteiger partial charge in [0.25, 0.3) is 5.91 Å². The van der Waals surface area contributed by atoms with Crippen LogP contribution in [-0.2, 0) is 11.8 Å². The van der Waals surface area contributed by atoms with Crippen LogP contribution in [0.2, 0.25) is 5.02 Å². The van der Waals surface area contributed by atoms with Crippen LogP contribution in [-0.4, -0.2) is 40.5 Å². The van der Waals surface area contributed by atoms with Gasteiger partial charge in [-0.15, -0.1) is 0 Å². The normalized spacial score (nSPS) is 19.8. The van der Waals surface area contributed by atoms with E-state index in [0.29, 0.717) is 23.6 Å². The fourth-order valence-corrected chi connectivity index (χ4v) is 4.70. The van der Waals surface area contributed by atoms with Gasteiger partial charge in [0, 0.05) is 29.0 Å². The van der Waals surface area contributed by atoms with Crippen molar-refractivity contribution in [2.75, 3.05) is 12.0 Å². The molecule has 0 aliphatic heterocycles. The first kappa shape index (κ1) is 22.5. The fraction of sp³-hybridized carbons (Fsp3) is 0.500. The molecule has 160 valence electrons. The van der Waals surface area contributed by atoms with Gasteiger partial charge in [-0.3, -0.25) is 9.59 Å². The average Bonchev–Trinajstić information content (AvgIpc) is 3.07. The Bertz CT molecular complexity index is 968. The van der Waals surface area contributed by atoms with Gasteiger partial charge in [-0.25, -0.2) is 0 Å². The van der Waals surface area contributed by atoms with Crippen molar-refractivity contribution in [2.45, 2.75) is 44.2 Å². The minimum Gasteiger partial charge on any atom is -0.347 e. The number of nitriles is 1. The van der Waals surface area contributed by atoms with Gasteiger partial charge in [-0.2, -0.15) is 17.0 Å². The zero-order valence-corrected chi connectivity index (χ0v) is 18.9. The highest BCUT2D eigenvalue weighted by molar-refractivity contribution is 7.98. The molecule has 0 bridgehead atoms. The van der Waals surface area contributed by atoms with Crippen molar-refractivity contribution in [2.24, 2.45) is 13.0 Å². The van der Waals surface area contributed by atoms with E-state index in [1.807, 2.05) is 36.1 Å². The number of fused-ring (bicyclic) bond motifs is 1. The molecule has 1 aromatic heterocycles. The number of carbonyl (C=O) groups excluding carboxylic acids is 2. The molecule has 8 heteroatoms. The minimum absolute atomic E-state index is 0.142. The lowest BCUT2D eigenvalue weighted by Crippen LogP contribution is -2.50. The Morgan fingerprint density at radius 2 is 2.10 bits per heavy atom. The number of benzene rings is 1. The predicted molar refractivity (Wildman–Crippen MR) is 122 cm³/mol. The number of thioether (sulfide) groups is 1. The van der Waals surface area contributed by atoms with Crippen LogP contribution in [0, 0.1) is 17.2 Å². The molecule has 1 aliphatic carbocycles. The summed E-state index contributed by atoms with van der Waals surface area (Å²) >= 11 is 7.74. The highest BCUT2D eigenvalue weighted by Crippen LogP contribution is 2.27. The molecule has 30 heavy (non-hydrogen) atoms. The Morgan fingerprint density at radius 1 is 1.33 bits per heavy atom. The number of rotatable bonds is 7. The maximum atomic E-state index is 13.0. The monoisotopic (exact) mass is 446 g/mol. The van der Waals surface area contributed by atoms with Crippen LogP contribution in [0.1, 0.15) is 42.6 Å². The molecule has 1 saturated carbocycles. The van der Waals surface area contributed by atoms with E-state index in [2.05, 4.69) is 16.7 Å². The van der Waals surface area contributed by atoms with Crippen LogP contribution >= 0.6 is 23.4 Å². The summed E-state index contributed by atoms with van der Waals surface area (Å²) in [6.07, 6.45) is 5.96. The first-order valence-corrected chi connectivity index (χ1v) is 12.0. The van der Waals surface area contributed by atoms with Crippen molar-refractivity contribution < 1.29 is 9.59 Å². The fourth-order valence-electron chi connectivity index (χ4n) is 4.06. The van der Waals surface area contributed by atoms with Crippen molar-refractivity contribution >= 4 is 46.1 Å². The maximum absolute atomic E-state index is 13.0. The number of amides is 2. The molecule has 1 heterocycles. The maximum Gasteiger partial charge on any atom is 0.268 e. The van der Waals surface area contributed by atoms with Gasteiger partial charge in [-0.1, -0.05) is 30.5 Å². The quantitative estimate of drug-likeness (QED) is 0.675. The SMILES string of the molecule is CSCCC(C#N)NC(=O)C1CCCCC1NC(=O)c1cc2ccc(Cl)cc2n1C. The number of aromatic nitrogens is 1. The van der Waals surface area contributed by atoms with Crippen LogP contribution < -0.4 is 10.6 Å². The highest BCUT2D eigenvalue weighted by atomic mass is 35.5. The van der Waals surface area contributed by atoms with Gasteiger partial charge in [0.05, 0.1) is 12.0 Å². The van der Waals surface area contributed by atoms with E-state index in [0.717, 1.165) is 35.9 Å². The number of nitrogens with zero attached hydrogens (tertiary/aromatic N) is 2. The molecule has 0 spiro atoms. The topological polar surface area (TPSA) is 86.9 Å². The molecule has 3 rings (SSSR count). The Labute approximate surface area is 186 Å². The molecule has 1 fully saturated rings. The molecule has 1 aromatic carbocycles. The van der Waals surface area contributed by atoms with Crippen LogP contribution in [0.15, 0.2) is 24.3 Å². The second kappa shape index (κ2) is 10.2. The molecule has 3 unspecified atom stereocenters. The lowest BCUT2D eigenvalue weighted by Gasteiger charge is -2.31. The zero-order chi connectivity index (χ0) is 21.7. The molecule has 2 aromatic rings. The van der Waals surface area contributed by atoms with Gasteiger partial charge in [0.2, 0.25) is 5.91 Å². The van der Waals surface area contributed by atoms with E-state index < -0.39 is 6.04 Å². The van der Waals surface area contributed by atoms with Crippen LogP contribution in [0.25, 0.3) is 10.9 Å². The third-order valence-corrected chi connectivity index (χ3v) is 6.62. The summed E-state index contributed by atoms with van der Waals surface area (Å²) in [5, 5.41) is 16.8. The molecular formula is C22H27ClN4O2S. The second-order valence-electron chi connectivity index (χ2n) is 7.73. The summed E-state index contributed by atoms with van der Waals surface area (Å²) in [5.74, 6) is 0.149. The number of hydrogen-bond acceptors (Lipinski definition) is 4. The summed E-state index contributed by atoms with van der Waals surface area (Å²) in [6, 6.07) is 8.80. The molecule has 3 atom stereocenters. The minimum atomic E-state index is -0.494. The molecule has 0 saturated heterocycles. The summed E-state index contributed by atoms with van der Waals surface area (Å²) in [4.78, 5) is 25.9. The van der Waals surface area contributed by atoms with Gasteiger partial charge >= 0.3 is 0 Å². The summed E-state index contributed by atoms with van der Waals surface area (Å²) < 4.78 is 1.82. The highest BCUT2D eigenvalue weighted by Gasteiger charge is 2.33. The second-order valence-corrected chi connectivity index (χ2v) is 9.16. The standard InChI is InChI=1S/C22H27ClN4O2S/c1-27-19-12-15(23)8-7-14(19)11-20(27)22(29)26-18-6-4-3-5-17(18)21(28)25-16(13-24)9-10-30-2/h7-8,11-12,16-18H,3-6,9-10H2,1-2H3,(H,25,28)(H,26,29). The van der Waals surface area contributed by atoms with Gasteiger partial charge in [0.1, 0.15) is 11.7 Å². The Morgan fingerprint density at radius 3 is 2.83 bits per heavy atom. The van der Waals surface area contributed by atoms with E-state index in [-0.39, 0.29) is 23.8 Å². The first-order chi connectivity index (χ1) is 14.4. The summed E-state index contributed by atoms with van der Waals surface area (Å²) in [6.45, 7) is 0. The van der Waals surface area contributed by atoms with Gasteiger partial charge in [0.15, 0.2) is 0 Å². The lowest BCUT2D eigenvalue weighted by atomic mass is 9.83. The summed E-state index contributed by atoms with van der Waals surface area (Å²) in [5.41, 5.74) is 1.42. The average molecular weight is 447 g/mol. The number of aryl methyl sites for hydroxylation is 1. The van der Waals surface area contributed by atoms with Crippen molar-refractivity contribution in [1.82, 2.24) is 15.2 Å². The molecular weight excluding hydrogens is 420 g/mol. The smallest absolute Gasteiger partial charge is 0.268 e. The number of halogens is 1. The lowest BCUT2D eigenvalue weighted by molar-refractivity contribution is -0.127. The zero-order valence-electron chi connectivity index (χ0n) is 17.3. The molecule has 1 aliphatic rings. The van der Waals surface area contributed by atoms with Crippen molar-refractivity contribution in [3.05, 3.63) is 35.0 Å². The van der Waals surface area contributed by atoms with Gasteiger partial charge < -0.3 is 15.2 Å². The van der Waals surface area contributed by atoms with Crippen LogP contribution in [0.4, 0.5) is 0 Å². The van der Waals surface area contributed by atoms with Crippen molar-refractivity contribution in [3.63, 3.8) is 0 Å². The first-order valence-electron chi connectivity index (χ1n) is 10.2. The van der Waals surface area contributed by atoms with E-state index in [4.69, 9.17) is 11.6 Å². The van der Waals surface area contributed by atoms with E-state index >= 15 is 0 Å². The Balaban J connectivity index is 1.72. The largest absolute Gasteiger partial charge is 0.347 e. The predicted octanol–water partition coefficient (Wildman–Crippen LogP) is 3.88. The third-order valence-electron chi connectivity index (χ3n) is 5.74. The van der Waals surface area contributed by atoms with E-state index in [1.54, 1.807) is 17.8 Å². The Kier molecular flexibility index (Phi) is 7.68. The number of hydrogen-bond donors (Lipinski definition) is 2. The molecule has 2 amide bonds. The van der Waals surface area contributed by atoms with Gasteiger partial charge in [-0.05, 0) is 49.5 Å². The third kappa shape index (κ3) is 5.11. The Hall–Kier alpha value is -2.17. The molecule has 6 nitrogen and oxygen atoms in total. The number of nitrogens with one attached hydrogen (secondary N) is 2. The van der Waals surface area contributed by atoms with Crippen LogP contribution in [0.5, 0.6) is 0 Å².